The molecule has 2 rings (SSSR count). The Balaban J connectivity index is 2.01. The van der Waals surface area contributed by atoms with Crippen molar-refractivity contribution in [2.24, 2.45) is 0 Å². The lowest BCUT2D eigenvalue weighted by Crippen LogP contribution is -2.19. The summed E-state index contributed by atoms with van der Waals surface area (Å²) in [6.07, 6.45) is 0. The number of Topliss-reactive ketones (excluding diaryl/α,β-unsaturated/α-hetero) is 1. The van der Waals surface area contributed by atoms with Gasteiger partial charge in [0.05, 0.1) is 0 Å². The van der Waals surface area contributed by atoms with Crippen LogP contribution in [-0.2, 0) is 0 Å². The number of rotatable bonds is 3. The second-order valence-electron chi connectivity index (χ2n) is 4.38. The Morgan fingerprint density at radius 1 is 1.00 bits per heavy atom. The first-order chi connectivity index (χ1) is 9.95. The van der Waals surface area contributed by atoms with Crippen molar-refractivity contribution in [3.8, 4) is 5.75 Å². The maximum atomic E-state index is 13.1. The average Bonchev–Trinajstić information content (AvgIpc) is 2.43. The van der Waals surface area contributed by atoms with Gasteiger partial charge in [-0.05, 0) is 43.3 Å². The van der Waals surface area contributed by atoms with Crippen molar-refractivity contribution in [3.05, 3.63) is 53.8 Å². The summed E-state index contributed by atoms with van der Waals surface area (Å²) in [6.45, 7) is 1.45. The number of aromatic hydroxyl groups is 1. The molecular weight excluding hydrogens is 275 g/mol. The van der Waals surface area contributed by atoms with E-state index in [4.69, 9.17) is 5.11 Å². The van der Waals surface area contributed by atoms with E-state index in [1.165, 1.54) is 13.0 Å². The van der Waals surface area contributed by atoms with Crippen molar-refractivity contribution in [1.29, 1.82) is 0 Å². The summed E-state index contributed by atoms with van der Waals surface area (Å²) >= 11 is 0. The van der Waals surface area contributed by atoms with E-state index >= 15 is 0 Å². The lowest BCUT2D eigenvalue weighted by Gasteiger charge is -2.08. The monoisotopic (exact) mass is 288 g/mol. The number of hydrogen-bond donors (Lipinski definition) is 3. The Morgan fingerprint density at radius 2 is 1.57 bits per heavy atom. The van der Waals surface area contributed by atoms with E-state index in [2.05, 4.69) is 10.6 Å². The van der Waals surface area contributed by atoms with Gasteiger partial charge in [-0.3, -0.25) is 4.79 Å². The minimum atomic E-state index is -0.821. The van der Waals surface area contributed by atoms with Gasteiger partial charge in [0.15, 0.2) is 17.3 Å². The van der Waals surface area contributed by atoms with Crippen LogP contribution in [0.2, 0.25) is 0 Å². The Hall–Kier alpha value is -2.89. The molecule has 2 amide bonds. The van der Waals surface area contributed by atoms with Crippen LogP contribution in [0.25, 0.3) is 0 Å². The first-order valence-electron chi connectivity index (χ1n) is 6.13. The Labute approximate surface area is 120 Å². The summed E-state index contributed by atoms with van der Waals surface area (Å²) in [5, 5.41) is 14.0. The van der Waals surface area contributed by atoms with Crippen molar-refractivity contribution in [3.63, 3.8) is 0 Å². The van der Waals surface area contributed by atoms with Crippen molar-refractivity contribution >= 4 is 23.2 Å². The van der Waals surface area contributed by atoms with Crippen molar-refractivity contribution in [2.75, 3.05) is 10.6 Å². The molecule has 0 aliphatic heterocycles. The van der Waals surface area contributed by atoms with Gasteiger partial charge in [-0.1, -0.05) is 0 Å². The lowest BCUT2D eigenvalue weighted by molar-refractivity contribution is 0.101. The normalized spacial score (nSPS) is 10.0. The molecule has 0 fully saturated rings. The predicted molar refractivity (Wildman–Crippen MR) is 77.2 cm³/mol. The van der Waals surface area contributed by atoms with Gasteiger partial charge in [0.2, 0.25) is 0 Å². The molecule has 3 N–H and O–H groups in total. The Kier molecular flexibility index (Phi) is 4.18. The maximum absolute atomic E-state index is 13.1. The van der Waals surface area contributed by atoms with Crippen LogP contribution in [0.5, 0.6) is 5.75 Å². The van der Waals surface area contributed by atoms with Crippen LogP contribution < -0.4 is 10.6 Å². The Morgan fingerprint density at radius 3 is 2.14 bits per heavy atom. The van der Waals surface area contributed by atoms with E-state index in [9.17, 15) is 14.0 Å². The van der Waals surface area contributed by atoms with Crippen LogP contribution in [0.1, 0.15) is 17.3 Å². The smallest absolute Gasteiger partial charge is 0.323 e. The van der Waals surface area contributed by atoms with Crippen LogP contribution in [0, 0.1) is 5.82 Å². The molecule has 0 unspecified atom stereocenters. The highest BCUT2D eigenvalue weighted by atomic mass is 19.1. The van der Waals surface area contributed by atoms with Gasteiger partial charge in [0, 0.05) is 23.0 Å². The van der Waals surface area contributed by atoms with E-state index in [0.717, 1.165) is 12.1 Å². The van der Waals surface area contributed by atoms with Gasteiger partial charge in [-0.2, -0.15) is 0 Å². The number of amides is 2. The molecule has 0 saturated carbocycles. The highest BCUT2D eigenvalue weighted by molar-refractivity contribution is 6.00. The number of urea groups is 1. The topological polar surface area (TPSA) is 78.4 Å². The molecule has 0 saturated heterocycles. The van der Waals surface area contributed by atoms with Crippen LogP contribution in [0.3, 0.4) is 0 Å². The highest BCUT2D eigenvalue weighted by Gasteiger charge is 2.06. The zero-order chi connectivity index (χ0) is 15.4. The van der Waals surface area contributed by atoms with Crippen LogP contribution >= 0.6 is 0 Å². The van der Waals surface area contributed by atoms with Crippen molar-refractivity contribution in [1.82, 2.24) is 0 Å². The van der Waals surface area contributed by atoms with Crippen molar-refractivity contribution < 1.29 is 19.1 Å². The molecule has 2 aromatic carbocycles. The van der Waals surface area contributed by atoms with E-state index in [0.29, 0.717) is 11.3 Å². The van der Waals surface area contributed by atoms with Crippen LogP contribution in [0.15, 0.2) is 42.5 Å². The summed E-state index contributed by atoms with van der Waals surface area (Å²) in [6, 6.07) is 9.34. The fourth-order valence-corrected chi connectivity index (χ4v) is 1.67. The quantitative estimate of drug-likeness (QED) is 0.598. The fourth-order valence-electron chi connectivity index (χ4n) is 1.67. The molecule has 2 aromatic rings. The number of ketones is 1. The third kappa shape index (κ3) is 3.79. The summed E-state index contributed by atoms with van der Waals surface area (Å²) in [4.78, 5) is 22.8. The van der Waals surface area contributed by atoms with Gasteiger partial charge < -0.3 is 15.7 Å². The summed E-state index contributed by atoms with van der Waals surface area (Å²) < 4.78 is 13.1. The third-order valence-corrected chi connectivity index (χ3v) is 2.75. The Bertz CT molecular complexity index is 684. The predicted octanol–water partition coefficient (Wildman–Crippen LogP) is 3.38. The molecule has 5 nitrogen and oxygen atoms in total. The number of nitrogens with one attached hydrogen (secondary N) is 2. The second kappa shape index (κ2) is 6.04. The largest absolute Gasteiger partial charge is 0.505 e. The molecule has 6 heteroatoms. The zero-order valence-electron chi connectivity index (χ0n) is 11.2. The average molecular weight is 288 g/mol. The van der Waals surface area contributed by atoms with Gasteiger partial charge in [0.1, 0.15) is 0 Å². The molecule has 0 heterocycles. The molecule has 0 atom stereocenters. The van der Waals surface area contributed by atoms with E-state index in [1.54, 1.807) is 24.3 Å². The van der Waals surface area contributed by atoms with Gasteiger partial charge in [-0.25, -0.2) is 9.18 Å². The summed E-state index contributed by atoms with van der Waals surface area (Å²) in [5.41, 5.74) is 1.25. The lowest BCUT2D eigenvalue weighted by atomic mass is 10.1. The number of hydrogen-bond acceptors (Lipinski definition) is 3. The zero-order valence-corrected chi connectivity index (χ0v) is 11.2. The molecule has 0 spiro atoms. The van der Waals surface area contributed by atoms with Crippen LogP contribution in [0.4, 0.5) is 20.6 Å². The number of phenols is 1. The fraction of sp³-hybridized carbons (Fsp3) is 0.0667. The standard InChI is InChI=1S/C15H13FN2O3/c1-9(19)10-2-4-11(5-3-10)17-15(21)18-12-6-7-14(20)13(16)8-12/h2-8,20H,1H3,(H2,17,18,21). The molecule has 21 heavy (non-hydrogen) atoms. The SMILES string of the molecule is CC(=O)c1ccc(NC(=O)Nc2ccc(O)c(F)c2)cc1. The minimum absolute atomic E-state index is 0.0643. The van der Waals surface area contributed by atoms with E-state index < -0.39 is 17.6 Å². The maximum Gasteiger partial charge on any atom is 0.323 e. The summed E-state index contributed by atoms with van der Waals surface area (Å²) in [7, 11) is 0. The van der Waals surface area contributed by atoms with Gasteiger partial charge >= 0.3 is 6.03 Å². The molecular formula is C15H13FN2O3. The summed E-state index contributed by atoms with van der Waals surface area (Å²) in [5.74, 6) is -1.37. The second-order valence-corrected chi connectivity index (χ2v) is 4.38. The molecule has 0 radical (unpaired) electrons. The first kappa shape index (κ1) is 14.5. The molecule has 0 bridgehead atoms. The molecule has 108 valence electrons. The number of benzene rings is 2. The number of phenolic OH excluding ortho intramolecular Hbond substituents is 1. The van der Waals surface area contributed by atoms with Crippen molar-refractivity contribution in [2.45, 2.75) is 6.92 Å². The first-order valence-corrected chi connectivity index (χ1v) is 6.13. The van der Waals surface area contributed by atoms with Crippen LogP contribution in [-0.4, -0.2) is 16.9 Å². The minimum Gasteiger partial charge on any atom is -0.505 e. The highest BCUT2D eigenvalue weighted by Crippen LogP contribution is 2.19. The van der Waals surface area contributed by atoms with E-state index in [-0.39, 0.29) is 11.5 Å². The third-order valence-electron chi connectivity index (χ3n) is 2.75. The molecule has 0 aromatic heterocycles. The number of halogens is 1. The number of carbonyl (C=O) groups excluding carboxylic acids is 2. The van der Waals surface area contributed by atoms with Gasteiger partial charge in [0.25, 0.3) is 0 Å². The van der Waals surface area contributed by atoms with Gasteiger partial charge in [-0.15, -0.1) is 0 Å². The van der Waals surface area contributed by atoms with E-state index in [1.807, 2.05) is 0 Å². The molecule has 0 aliphatic rings. The molecule has 0 aliphatic carbocycles. The number of carbonyl (C=O) groups is 2. The number of anilines is 2.